The number of nitrogens with one attached hydrogen (secondary N) is 1. The van der Waals surface area contributed by atoms with E-state index >= 15 is 0 Å². The predicted octanol–water partition coefficient (Wildman–Crippen LogP) is 2.59. The number of nitrogens with zero attached hydrogens (tertiary/aromatic N) is 2. The zero-order chi connectivity index (χ0) is 13.3. The highest BCUT2D eigenvalue weighted by Gasteiger charge is 2.20. The second-order valence-corrected chi connectivity index (χ2v) is 6.26. The fourth-order valence-electron chi connectivity index (χ4n) is 1.20. The number of benzene rings is 1. The quantitative estimate of drug-likeness (QED) is 0.917. The first-order chi connectivity index (χ1) is 8.38. The Bertz CT molecular complexity index is 686. The van der Waals surface area contributed by atoms with Crippen LogP contribution in [0.15, 0.2) is 32.1 Å². The third kappa shape index (κ3) is 2.82. The van der Waals surface area contributed by atoms with Gasteiger partial charge in [-0.05, 0) is 39.3 Å². The standard InChI is InChI=1S/C9H7BrClN3O3S/c1-5-12-9(13-17-5)14-18(15,16)8-4-6(11)2-3-7(8)10/h2-4H,1H3,(H,13,14). The molecule has 1 N–H and O–H groups in total. The lowest BCUT2D eigenvalue weighted by Crippen LogP contribution is -2.14. The van der Waals surface area contributed by atoms with Gasteiger partial charge < -0.3 is 4.52 Å². The first kappa shape index (κ1) is 13.3. The molecular weight excluding hydrogens is 346 g/mol. The van der Waals surface area contributed by atoms with E-state index in [-0.39, 0.29) is 16.7 Å². The SMILES string of the molecule is Cc1nc(NS(=O)(=O)c2cc(Cl)ccc2Br)no1. The Morgan fingerprint density at radius 1 is 1.44 bits per heavy atom. The van der Waals surface area contributed by atoms with E-state index in [4.69, 9.17) is 11.6 Å². The number of sulfonamides is 1. The molecule has 9 heteroatoms. The van der Waals surface area contributed by atoms with Crippen LogP contribution in [-0.2, 0) is 10.0 Å². The number of hydrogen-bond acceptors (Lipinski definition) is 5. The van der Waals surface area contributed by atoms with Crippen LogP contribution < -0.4 is 4.72 Å². The van der Waals surface area contributed by atoms with Gasteiger partial charge in [-0.2, -0.15) is 4.98 Å². The molecule has 6 nitrogen and oxygen atoms in total. The van der Waals surface area contributed by atoms with Crippen LogP contribution in [-0.4, -0.2) is 18.6 Å². The van der Waals surface area contributed by atoms with E-state index in [1.165, 1.54) is 6.07 Å². The minimum Gasteiger partial charge on any atom is -0.338 e. The van der Waals surface area contributed by atoms with Crippen molar-refractivity contribution in [2.45, 2.75) is 11.8 Å². The Kier molecular flexibility index (Phi) is 3.60. The maximum atomic E-state index is 12.1. The van der Waals surface area contributed by atoms with Gasteiger partial charge in [0.1, 0.15) is 4.90 Å². The van der Waals surface area contributed by atoms with Gasteiger partial charge in [0.2, 0.25) is 5.89 Å². The van der Waals surface area contributed by atoms with E-state index in [2.05, 4.69) is 35.3 Å². The van der Waals surface area contributed by atoms with Crippen molar-refractivity contribution < 1.29 is 12.9 Å². The summed E-state index contributed by atoms with van der Waals surface area (Å²) in [5.74, 6) is 0.136. The zero-order valence-electron chi connectivity index (χ0n) is 9.02. The molecule has 2 rings (SSSR count). The van der Waals surface area contributed by atoms with E-state index in [0.29, 0.717) is 9.50 Å². The van der Waals surface area contributed by atoms with Crippen molar-refractivity contribution in [2.24, 2.45) is 0 Å². The van der Waals surface area contributed by atoms with Crippen LogP contribution in [0, 0.1) is 6.92 Å². The topological polar surface area (TPSA) is 85.1 Å². The molecule has 0 spiro atoms. The lowest BCUT2D eigenvalue weighted by molar-refractivity contribution is 0.395. The first-order valence-electron chi connectivity index (χ1n) is 4.67. The number of hydrogen-bond donors (Lipinski definition) is 1. The first-order valence-corrected chi connectivity index (χ1v) is 7.32. The summed E-state index contributed by atoms with van der Waals surface area (Å²) in [5, 5.41) is 3.76. The average Bonchev–Trinajstić information content (AvgIpc) is 2.66. The molecule has 0 aliphatic rings. The van der Waals surface area contributed by atoms with E-state index in [9.17, 15) is 8.42 Å². The van der Waals surface area contributed by atoms with Gasteiger partial charge in [-0.1, -0.05) is 11.6 Å². The summed E-state index contributed by atoms with van der Waals surface area (Å²) in [7, 11) is -3.82. The Balaban J connectivity index is 2.39. The van der Waals surface area contributed by atoms with Crippen LogP contribution in [0.4, 0.5) is 5.95 Å². The van der Waals surface area contributed by atoms with Gasteiger partial charge in [-0.25, -0.2) is 13.1 Å². The Morgan fingerprint density at radius 3 is 2.78 bits per heavy atom. The van der Waals surface area contributed by atoms with Crippen LogP contribution in [0.3, 0.4) is 0 Å². The molecule has 0 saturated heterocycles. The molecule has 1 aromatic carbocycles. The van der Waals surface area contributed by atoms with Gasteiger partial charge in [-0.3, -0.25) is 0 Å². The van der Waals surface area contributed by atoms with Crippen molar-refractivity contribution in [2.75, 3.05) is 4.72 Å². The highest BCUT2D eigenvalue weighted by molar-refractivity contribution is 9.10. The normalized spacial score (nSPS) is 11.5. The number of anilines is 1. The minimum atomic E-state index is -3.82. The summed E-state index contributed by atoms with van der Waals surface area (Å²) in [6, 6.07) is 4.43. The van der Waals surface area contributed by atoms with Gasteiger partial charge in [0, 0.05) is 16.4 Å². The molecule has 1 heterocycles. The van der Waals surface area contributed by atoms with Gasteiger partial charge in [0.15, 0.2) is 0 Å². The van der Waals surface area contributed by atoms with Crippen LogP contribution in [0.1, 0.15) is 5.89 Å². The number of halogens is 2. The van der Waals surface area contributed by atoms with Crippen molar-refractivity contribution in [3.05, 3.63) is 33.6 Å². The molecule has 2 aromatic rings. The largest absolute Gasteiger partial charge is 0.338 e. The molecule has 1 aromatic heterocycles. The highest BCUT2D eigenvalue weighted by Crippen LogP contribution is 2.26. The number of rotatable bonds is 3. The van der Waals surface area contributed by atoms with Gasteiger partial charge in [0.05, 0.1) is 0 Å². The molecule has 0 bridgehead atoms. The number of aromatic nitrogens is 2. The van der Waals surface area contributed by atoms with E-state index in [0.717, 1.165) is 0 Å². The smallest absolute Gasteiger partial charge is 0.277 e. The van der Waals surface area contributed by atoms with E-state index in [1.807, 2.05) is 0 Å². The minimum absolute atomic E-state index is 0.00236. The molecule has 0 aliphatic carbocycles. The second kappa shape index (κ2) is 4.87. The zero-order valence-corrected chi connectivity index (χ0v) is 12.2. The van der Waals surface area contributed by atoms with Crippen LogP contribution in [0.5, 0.6) is 0 Å². The second-order valence-electron chi connectivity index (χ2n) is 3.32. The van der Waals surface area contributed by atoms with Gasteiger partial charge >= 0.3 is 0 Å². The third-order valence-electron chi connectivity index (χ3n) is 1.94. The maximum Gasteiger partial charge on any atom is 0.277 e. The monoisotopic (exact) mass is 351 g/mol. The molecule has 0 amide bonds. The van der Waals surface area contributed by atoms with Crippen LogP contribution in [0.25, 0.3) is 0 Å². The lowest BCUT2D eigenvalue weighted by atomic mass is 10.4. The predicted molar refractivity (Wildman–Crippen MR) is 69.0 cm³/mol. The summed E-state index contributed by atoms with van der Waals surface area (Å²) in [6.45, 7) is 1.56. The summed E-state index contributed by atoms with van der Waals surface area (Å²) in [5.41, 5.74) is 0. The molecule has 96 valence electrons. The highest BCUT2D eigenvalue weighted by atomic mass is 79.9. The maximum absolute atomic E-state index is 12.1. The van der Waals surface area contributed by atoms with Crippen molar-refractivity contribution >= 4 is 43.5 Å². The van der Waals surface area contributed by atoms with Gasteiger partial charge in [-0.15, -0.1) is 0 Å². The van der Waals surface area contributed by atoms with E-state index in [1.54, 1.807) is 19.1 Å². The summed E-state index contributed by atoms with van der Waals surface area (Å²) in [4.78, 5) is 3.75. The fourth-order valence-corrected chi connectivity index (χ4v) is 3.36. The summed E-state index contributed by atoms with van der Waals surface area (Å²) >= 11 is 8.91. The molecule has 0 atom stereocenters. The summed E-state index contributed by atoms with van der Waals surface area (Å²) < 4.78 is 31.4. The Hall–Kier alpha value is -1.12. The molecule has 0 fully saturated rings. The third-order valence-corrected chi connectivity index (χ3v) is 4.49. The average molecular weight is 353 g/mol. The molecular formula is C9H7BrClN3O3S. The van der Waals surface area contributed by atoms with Crippen LogP contribution >= 0.6 is 27.5 Å². The fraction of sp³-hybridized carbons (Fsp3) is 0.111. The number of aryl methyl sites for hydroxylation is 1. The van der Waals surface area contributed by atoms with Crippen molar-refractivity contribution in [3.63, 3.8) is 0 Å². The summed E-state index contributed by atoms with van der Waals surface area (Å²) in [6.07, 6.45) is 0. The van der Waals surface area contributed by atoms with Crippen LogP contribution in [0.2, 0.25) is 5.02 Å². The molecule has 0 unspecified atom stereocenters. The van der Waals surface area contributed by atoms with Crippen molar-refractivity contribution in [1.82, 2.24) is 10.1 Å². The van der Waals surface area contributed by atoms with E-state index < -0.39 is 10.0 Å². The lowest BCUT2D eigenvalue weighted by Gasteiger charge is -2.06. The molecule has 0 aliphatic heterocycles. The molecule has 0 radical (unpaired) electrons. The Morgan fingerprint density at radius 2 is 2.17 bits per heavy atom. The molecule has 18 heavy (non-hydrogen) atoms. The van der Waals surface area contributed by atoms with Gasteiger partial charge in [0.25, 0.3) is 16.0 Å². The van der Waals surface area contributed by atoms with Crippen molar-refractivity contribution in [3.8, 4) is 0 Å². The Labute approximate surface area is 117 Å². The van der Waals surface area contributed by atoms with Crippen molar-refractivity contribution in [1.29, 1.82) is 0 Å². The molecule has 0 saturated carbocycles.